The molecule has 0 unspecified atom stereocenters. The van der Waals surface area contributed by atoms with Crippen LogP contribution in [0.2, 0.25) is 0 Å². The first-order valence-electron chi connectivity index (χ1n) is 3.85. The van der Waals surface area contributed by atoms with Gasteiger partial charge >= 0.3 is 12.0 Å². The number of hydrogen-bond donors (Lipinski definition) is 0. The third kappa shape index (κ3) is 0.919. The molecule has 10 heavy (non-hydrogen) atoms. The van der Waals surface area contributed by atoms with Crippen molar-refractivity contribution >= 4 is 0 Å². The first kappa shape index (κ1) is 5.90. The summed E-state index contributed by atoms with van der Waals surface area (Å²) in [7, 11) is 0. The van der Waals surface area contributed by atoms with Gasteiger partial charge in [0.05, 0.1) is 12.0 Å². The van der Waals surface area contributed by atoms with Gasteiger partial charge in [-0.25, -0.2) is 4.42 Å². The van der Waals surface area contributed by atoms with Gasteiger partial charge in [-0.1, -0.05) is 0 Å². The van der Waals surface area contributed by atoms with Crippen molar-refractivity contribution in [1.29, 1.82) is 0 Å². The predicted molar refractivity (Wildman–Crippen MR) is 39.8 cm³/mol. The van der Waals surface area contributed by atoms with E-state index in [1.165, 1.54) is 30.6 Å². The van der Waals surface area contributed by atoms with Crippen molar-refractivity contribution < 1.29 is 4.42 Å². The van der Waals surface area contributed by atoms with E-state index in [0.717, 1.165) is 6.42 Å². The largest absolute Gasteiger partial charge is 0.332 e. The molecule has 1 heteroatoms. The first-order valence-corrected chi connectivity index (χ1v) is 3.85. The van der Waals surface area contributed by atoms with Gasteiger partial charge in [0.1, 0.15) is 0 Å². The van der Waals surface area contributed by atoms with Crippen molar-refractivity contribution in [3.8, 4) is 0 Å². The molecule has 0 radical (unpaired) electrons. The number of aryl methyl sites for hydroxylation is 2. The summed E-state index contributed by atoms with van der Waals surface area (Å²) in [5.74, 6) is 1.20. The van der Waals surface area contributed by atoms with Crippen LogP contribution in [0.1, 0.15) is 24.2 Å². The molecule has 0 saturated heterocycles. The van der Waals surface area contributed by atoms with Crippen LogP contribution in [0.25, 0.3) is 0 Å². The molecule has 1 aliphatic rings. The molecule has 0 spiro atoms. The van der Waals surface area contributed by atoms with Crippen LogP contribution in [0.3, 0.4) is 0 Å². The molecule has 1 heterocycles. The van der Waals surface area contributed by atoms with E-state index in [0.29, 0.717) is 0 Å². The number of hydrogen-bond acceptors (Lipinski definition) is 0. The summed E-state index contributed by atoms with van der Waals surface area (Å²) >= 11 is 0. The molecule has 52 valence electrons. The van der Waals surface area contributed by atoms with Crippen molar-refractivity contribution in [2.45, 2.75) is 25.7 Å². The fourth-order valence-electron chi connectivity index (χ4n) is 1.49. The second kappa shape index (κ2) is 2.41. The Kier molecular flexibility index (Phi) is 1.42. The van der Waals surface area contributed by atoms with Crippen LogP contribution in [0, 0.1) is 0 Å². The lowest BCUT2D eigenvalue weighted by molar-refractivity contribution is 0.454. The van der Waals surface area contributed by atoms with Gasteiger partial charge in [0.15, 0.2) is 0 Å². The highest BCUT2D eigenvalue weighted by Crippen LogP contribution is 2.19. The molecule has 0 aromatic carbocycles. The maximum absolute atomic E-state index is 5.35. The molecular weight excluding hydrogens is 124 g/mol. The fourth-order valence-corrected chi connectivity index (χ4v) is 1.49. The van der Waals surface area contributed by atoms with Gasteiger partial charge in [-0.2, -0.15) is 0 Å². The van der Waals surface area contributed by atoms with E-state index in [-0.39, 0.29) is 0 Å². The minimum Gasteiger partial charge on any atom is -0.221 e. The minimum absolute atomic E-state index is 1.14. The van der Waals surface area contributed by atoms with Crippen LogP contribution in [0.15, 0.2) is 22.8 Å². The van der Waals surface area contributed by atoms with Crippen LogP contribution in [0.4, 0.5) is 0 Å². The Balaban J connectivity index is 2.41. The molecule has 1 aliphatic carbocycles. The van der Waals surface area contributed by atoms with Gasteiger partial charge in [-0.3, -0.25) is 0 Å². The van der Waals surface area contributed by atoms with Gasteiger partial charge in [0, 0.05) is 6.07 Å². The van der Waals surface area contributed by atoms with Crippen molar-refractivity contribution in [1.82, 2.24) is 0 Å². The second-order valence-corrected chi connectivity index (χ2v) is 2.77. The summed E-state index contributed by atoms with van der Waals surface area (Å²) in [6, 6.07) is 4.14. The molecule has 1 aromatic heterocycles. The van der Waals surface area contributed by atoms with Crippen LogP contribution in [-0.2, 0) is 12.8 Å². The average Bonchev–Trinajstić information content (AvgIpc) is 2.05. The zero-order valence-electron chi connectivity index (χ0n) is 5.97. The van der Waals surface area contributed by atoms with Crippen LogP contribution in [0.5, 0.6) is 0 Å². The lowest BCUT2D eigenvalue weighted by Crippen LogP contribution is -2.00. The second-order valence-electron chi connectivity index (χ2n) is 2.77. The molecule has 0 aliphatic heterocycles. The molecule has 0 N–H and O–H groups in total. The Hall–Kier alpha value is -0.850. The molecule has 0 atom stereocenters. The Bertz CT molecular complexity index is 205. The maximum Gasteiger partial charge on any atom is 0.332 e. The normalized spacial score (nSPS) is 16.4. The predicted octanol–water partition coefficient (Wildman–Crippen LogP) is 2.44. The summed E-state index contributed by atoms with van der Waals surface area (Å²) in [5.41, 5.74) is 1.41. The van der Waals surface area contributed by atoms with Gasteiger partial charge in [0.2, 0.25) is 0 Å². The highest BCUT2D eigenvalue weighted by Gasteiger charge is 2.17. The van der Waals surface area contributed by atoms with Crippen LogP contribution < -0.4 is 0 Å². The van der Waals surface area contributed by atoms with Crippen molar-refractivity contribution in [2.75, 3.05) is 0 Å². The van der Waals surface area contributed by atoms with E-state index in [2.05, 4.69) is 6.07 Å². The van der Waals surface area contributed by atoms with Crippen molar-refractivity contribution in [3.05, 3.63) is 29.7 Å². The quantitative estimate of drug-likeness (QED) is 0.497. The minimum atomic E-state index is 1.14. The summed E-state index contributed by atoms with van der Waals surface area (Å²) < 4.78 is 5.35. The Morgan fingerprint density at radius 1 is 1.20 bits per heavy atom. The Labute approximate surface area is 60.7 Å². The molecule has 0 bridgehead atoms. The average molecular weight is 135 g/mol. The molecule has 1 aromatic rings. The highest BCUT2D eigenvalue weighted by molar-refractivity contribution is 5.18. The standard InChI is InChI=1S/C9H11O/c1-2-6-9-8(4-1)5-3-7-10-9/h3,5,7H,1-2,4,6H2/q+1. The molecule has 0 saturated carbocycles. The maximum atomic E-state index is 5.35. The summed E-state index contributed by atoms with van der Waals surface area (Å²) in [4.78, 5) is 0. The third-order valence-corrected chi connectivity index (χ3v) is 2.04. The highest BCUT2D eigenvalue weighted by atomic mass is 16.3. The van der Waals surface area contributed by atoms with Crippen LogP contribution in [-0.4, -0.2) is 0 Å². The van der Waals surface area contributed by atoms with Gasteiger partial charge in [-0.15, -0.1) is 0 Å². The van der Waals surface area contributed by atoms with Crippen molar-refractivity contribution in [2.24, 2.45) is 0 Å². The van der Waals surface area contributed by atoms with Gasteiger partial charge < -0.3 is 0 Å². The third-order valence-electron chi connectivity index (χ3n) is 2.04. The topological polar surface area (TPSA) is 11.3 Å². The van der Waals surface area contributed by atoms with E-state index < -0.39 is 0 Å². The Morgan fingerprint density at radius 2 is 2.10 bits per heavy atom. The number of rotatable bonds is 0. The van der Waals surface area contributed by atoms with E-state index >= 15 is 0 Å². The lowest BCUT2D eigenvalue weighted by Gasteiger charge is -2.04. The lowest BCUT2D eigenvalue weighted by atomic mass is 9.98. The fraction of sp³-hybridized carbons (Fsp3) is 0.444. The zero-order valence-corrected chi connectivity index (χ0v) is 5.97. The first-order chi connectivity index (χ1) is 4.97. The van der Waals surface area contributed by atoms with Gasteiger partial charge in [-0.05, 0) is 25.3 Å². The molecule has 1 nitrogen and oxygen atoms in total. The summed E-state index contributed by atoms with van der Waals surface area (Å²) in [6.07, 6.45) is 6.73. The monoisotopic (exact) mass is 135 g/mol. The molecular formula is C9H11O+. The Morgan fingerprint density at radius 3 is 3.00 bits per heavy atom. The smallest absolute Gasteiger partial charge is 0.221 e. The summed E-state index contributed by atoms with van der Waals surface area (Å²) in [6.45, 7) is 0. The zero-order chi connectivity index (χ0) is 6.81. The van der Waals surface area contributed by atoms with Crippen LogP contribution >= 0.6 is 0 Å². The van der Waals surface area contributed by atoms with Crippen molar-refractivity contribution in [3.63, 3.8) is 0 Å². The van der Waals surface area contributed by atoms with E-state index in [1.807, 2.05) is 6.07 Å². The number of fused-ring (bicyclic) bond motifs is 1. The SMILES string of the molecule is c1c[o+]c2c(c1)CCCC2. The van der Waals surface area contributed by atoms with E-state index in [1.54, 1.807) is 6.26 Å². The summed E-state index contributed by atoms with van der Waals surface area (Å²) in [5, 5.41) is 0. The van der Waals surface area contributed by atoms with Gasteiger partial charge in [0.25, 0.3) is 0 Å². The molecule has 0 amide bonds. The van der Waals surface area contributed by atoms with E-state index in [4.69, 9.17) is 4.42 Å². The molecule has 2 rings (SSSR count). The van der Waals surface area contributed by atoms with E-state index in [9.17, 15) is 0 Å². The molecule has 0 fully saturated rings.